The van der Waals surface area contributed by atoms with Crippen LogP contribution in [-0.4, -0.2) is 98.1 Å². The Hall–Kier alpha value is -5.99. The number of fused-ring (bicyclic) bond motifs is 2. The molecule has 15 heteroatoms. The van der Waals surface area contributed by atoms with Gasteiger partial charge in [-0.25, -0.2) is 24.5 Å². The number of ether oxygens (including phenoxy) is 2. The summed E-state index contributed by atoms with van der Waals surface area (Å²) in [7, 11) is 2.63. The fourth-order valence-electron chi connectivity index (χ4n) is 9.15. The second-order valence-electron chi connectivity index (χ2n) is 16.2. The quantitative estimate of drug-likeness (QED) is 0.122. The number of hydrogen-bond donors (Lipinski definition) is 4. The van der Waals surface area contributed by atoms with Crippen LogP contribution in [0.15, 0.2) is 54.9 Å². The normalized spacial score (nSPS) is 20.7. The zero-order valence-corrected chi connectivity index (χ0v) is 32.8. The smallest absolute Gasteiger partial charge is 0.407 e. The Labute approximate surface area is 335 Å². The first-order valence-electron chi connectivity index (χ1n) is 20.5. The lowest BCUT2D eigenvalue weighted by molar-refractivity contribution is -0.137. The Morgan fingerprint density at radius 2 is 1.22 bits per heavy atom. The molecular weight excluding hydrogens is 739 g/mol. The summed E-state index contributed by atoms with van der Waals surface area (Å²) in [6.45, 7) is 1.22. The largest absolute Gasteiger partial charge is 0.453 e. The van der Waals surface area contributed by atoms with Gasteiger partial charge in [0.15, 0.2) is 5.65 Å². The molecule has 4 aliphatic rings. The molecule has 58 heavy (non-hydrogen) atoms. The van der Waals surface area contributed by atoms with E-state index in [0.717, 1.165) is 109 Å². The van der Waals surface area contributed by atoms with E-state index in [2.05, 4.69) is 63.1 Å². The van der Waals surface area contributed by atoms with Crippen molar-refractivity contribution in [1.29, 1.82) is 0 Å². The Kier molecular flexibility index (Phi) is 10.2. The molecule has 9 rings (SSSR count). The number of alkyl carbamates (subject to hydrolysis) is 2. The molecule has 4 fully saturated rings. The average Bonchev–Trinajstić information content (AvgIpc) is 4.04. The van der Waals surface area contributed by atoms with Gasteiger partial charge in [0.05, 0.1) is 43.7 Å². The Morgan fingerprint density at radius 3 is 1.79 bits per heavy atom. The van der Waals surface area contributed by atoms with Crippen molar-refractivity contribution in [2.24, 2.45) is 11.8 Å². The number of likely N-dealkylation sites (tertiary alicyclic amines) is 2. The lowest BCUT2D eigenvalue weighted by atomic mass is 9.79. The van der Waals surface area contributed by atoms with Crippen LogP contribution in [0.25, 0.3) is 44.3 Å². The maximum Gasteiger partial charge on any atom is 0.407 e. The van der Waals surface area contributed by atoms with Gasteiger partial charge in [-0.1, -0.05) is 37.1 Å². The summed E-state index contributed by atoms with van der Waals surface area (Å²) in [5.41, 5.74) is 5.19. The zero-order valence-electron chi connectivity index (χ0n) is 32.8. The standard InChI is InChI=1S/C43H49N9O6/c1-57-42(55)48-35(24-7-3-8-24)40(53)51-17-5-11-33(51)38-45-23-32(47-38)29-16-15-26-19-28(14-13-27(26)20-29)30-21-31-37(44-22-30)50-39(46-31)34-12-6-18-52(34)41(54)36(25-9-4-10-25)49-43(56)58-2/h13-16,19-25,33-36H,3-12,17-18H2,1-2H3,(H,45,47)(H,48,55)(H,49,56)(H,44,46,50). The number of aromatic nitrogens is 5. The summed E-state index contributed by atoms with van der Waals surface area (Å²) < 4.78 is 9.67. The van der Waals surface area contributed by atoms with E-state index in [9.17, 15) is 19.2 Å². The van der Waals surface area contributed by atoms with E-state index in [1.807, 2.05) is 22.2 Å². The number of aromatic amines is 2. The van der Waals surface area contributed by atoms with Gasteiger partial charge in [-0.05, 0) is 97.7 Å². The third-order valence-corrected chi connectivity index (χ3v) is 12.8. The van der Waals surface area contributed by atoms with Crippen LogP contribution < -0.4 is 10.6 Å². The molecular formula is C43H49N9O6. The number of nitrogens with zero attached hydrogens (tertiary/aromatic N) is 5. The van der Waals surface area contributed by atoms with Crippen LogP contribution in [-0.2, 0) is 19.1 Å². The monoisotopic (exact) mass is 787 g/mol. The number of methoxy groups -OCH3 is 2. The molecule has 5 heterocycles. The van der Waals surface area contributed by atoms with Crippen molar-refractivity contribution < 1.29 is 28.7 Å². The Bertz CT molecular complexity index is 2370. The minimum absolute atomic E-state index is 0.0738. The van der Waals surface area contributed by atoms with Crippen molar-refractivity contribution in [3.63, 3.8) is 0 Å². The first-order chi connectivity index (χ1) is 28.3. The number of hydrogen-bond acceptors (Lipinski definition) is 9. The van der Waals surface area contributed by atoms with Crippen LogP contribution in [0.5, 0.6) is 0 Å². The second kappa shape index (κ2) is 15.7. The van der Waals surface area contributed by atoms with Gasteiger partial charge in [0.2, 0.25) is 11.8 Å². The number of carbonyl (C=O) groups excluding carboxylic acids is 4. The molecule has 15 nitrogen and oxygen atoms in total. The van der Waals surface area contributed by atoms with Crippen LogP contribution in [0, 0.1) is 11.8 Å². The maximum absolute atomic E-state index is 13.8. The fourth-order valence-corrected chi connectivity index (χ4v) is 9.15. The molecule has 302 valence electrons. The average molecular weight is 788 g/mol. The molecule has 0 spiro atoms. The molecule has 2 aliphatic heterocycles. The number of nitrogens with one attached hydrogen (secondary N) is 4. The van der Waals surface area contributed by atoms with Gasteiger partial charge in [0.1, 0.15) is 23.7 Å². The van der Waals surface area contributed by atoms with E-state index in [1.54, 1.807) is 0 Å². The highest BCUT2D eigenvalue weighted by molar-refractivity contribution is 5.92. The van der Waals surface area contributed by atoms with E-state index in [0.29, 0.717) is 24.6 Å². The van der Waals surface area contributed by atoms with Crippen molar-refractivity contribution in [3.8, 4) is 22.4 Å². The minimum atomic E-state index is -0.606. The van der Waals surface area contributed by atoms with Gasteiger partial charge in [0.25, 0.3) is 0 Å². The zero-order chi connectivity index (χ0) is 39.9. The molecule has 4 amide bonds. The Balaban J connectivity index is 0.903. The molecule has 0 bridgehead atoms. The molecule has 5 aromatic rings. The van der Waals surface area contributed by atoms with Gasteiger partial charge in [0, 0.05) is 30.4 Å². The summed E-state index contributed by atoms with van der Waals surface area (Å²) >= 11 is 0. The van der Waals surface area contributed by atoms with Gasteiger partial charge < -0.3 is 39.9 Å². The molecule has 3 aromatic heterocycles. The second-order valence-corrected chi connectivity index (χ2v) is 16.2. The third-order valence-electron chi connectivity index (χ3n) is 12.8. The predicted molar refractivity (Wildman–Crippen MR) is 215 cm³/mol. The summed E-state index contributed by atoms with van der Waals surface area (Å²) in [5, 5.41) is 7.74. The minimum Gasteiger partial charge on any atom is -0.453 e. The number of carbonyl (C=O) groups is 4. The first-order valence-corrected chi connectivity index (χ1v) is 20.5. The molecule has 0 radical (unpaired) electrons. The number of rotatable bonds is 10. The lowest BCUT2D eigenvalue weighted by Crippen LogP contribution is -2.53. The van der Waals surface area contributed by atoms with E-state index in [4.69, 9.17) is 24.4 Å². The van der Waals surface area contributed by atoms with E-state index >= 15 is 0 Å². The van der Waals surface area contributed by atoms with Gasteiger partial charge >= 0.3 is 12.2 Å². The van der Waals surface area contributed by atoms with E-state index < -0.39 is 24.3 Å². The lowest BCUT2D eigenvalue weighted by Gasteiger charge is -2.36. The number of amides is 4. The van der Waals surface area contributed by atoms with Crippen LogP contribution in [0.3, 0.4) is 0 Å². The summed E-state index contributed by atoms with van der Waals surface area (Å²) in [6, 6.07) is 13.1. The van der Waals surface area contributed by atoms with Crippen molar-refractivity contribution in [1.82, 2.24) is 45.4 Å². The van der Waals surface area contributed by atoms with Crippen molar-refractivity contribution in [3.05, 3.63) is 66.5 Å². The highest BCUT2D eigenvalue weighted by Crippen LogP contribution is 2.38. The first kappa shape index (κ1) is 37.6. The summed E-state index contributed by atoms with van der Waals surface area (Å²) in [6.07, 6.45) is 11.5. The van der Waals surface area contributed by atoms with E-state index in [1.165, 1.54) is 14.2 Å². The molecule has 2 aliphatic carbocycles. The van der Waals surface area contributed by atoms with Gasteiger partial charge in [-0.3, -0.25) is 9.59 Å². The Morgan fingerprint density at radius 1 is 0.655 bits per heavy atom. The molecule has 2 saturated heterocycles. The van der Waals surface area contributed by atoms with Crippen LogP contribution >= 0.6 is 0 Å². The molecule has 4 unspecified atom stereocenters. The SMILES string of the molecule is COC(=O)NC(C(=O)N1CCCC1c1ncc(-c2ccc3cc(-c4cnc5nc(C6CCCN6C(=O)C(NC(=O)OC)C6CCC6)[nH]c5c4)ccc3c2)[nH]1)C1CCC1. The van der Waals surface area contributed by atoms with Crippen LogP contribution in [0.2, 0.25) is 0 Å². The van der Waals surface area contributed by atoms with Crippen molar-refractivity contribution in [2.75, 3.05) is 27.3 Å². The maximum atomic E-state index is 13.8. The number of pyridine rings is 1. The fraction of sp³-hybridized carbons (Fsp3) is 0.465. The van der Waals surface area contributed by atoms with Crippen molar-refractivity contribution in [2.45, 2.75) is 88.4 Å². The molecule has 4 N–H and O–H groups in total. The highest BCUT2D eigenvalue weighted by Gasteiger charge is 2.43. The number of H-pyrrole nitrogens is 2. The molecule has 4 atom stereocenters. The highest BCUT2D eigenvalue weighted by atomic mass is 16.5. The number of benzene rings is 2. The van der Waals surface area contributed by atoms with Crippen LogP contribution in [0.4, 0.5) is 9.59 Å². The van der Waals surface area contributed by atoms with Gasteiger partial charge in [-0.15, -0.1) is 0 Å². The summed E-state index contributed by atoms with van der Waals surface area (Å²) in [4.78, 5) is 76.8. The van der Waals surface area contributed by atoms with Gasteiger partial charge in [-0.2, -0.15) is 0 Å². The molecule has 2 aromatic carbocycles. The third kappa shape index (κ3) is 7.11. The topological polar surface area (TPSA) is 188 Å². The summed E-state index contributed by atoms with van der Waals surface area (Å²) in [5.74, 6) is 1.51. The number of imidazole rings is 2. The van der Waals surface area contributed by atoms with E-state index in [-0.39, 0.29) is 35.7 Å². The van der Waals surface area contributed by atoms with Crippen molar-refractivity contribution >= 4 is 45.9 Å². The van der Waals surface area contributed by atoms with Crippen LogP contribution in [0.1, 0.15) is 87.9 Å². The predicted octanol–water partition coefficient (Wildman–Crippen LogP) is 6.54. The molecule has 2 saturated carbocycles.